The van der Waals surface area contributed by atoms with Crippen molar-refractivity contribution in [3.8, 4) is 11.5 Å². The predicted octanol–water partition coefficient (Wildman–Crippen LogP) is 3.92. The molecule has 0 spiro atoms. The van der Waals surface area contributed by atoms with E-state index in [1.165, 1.54) is 6.33 Å². The number of anilines is 2. The van der Waals surface area contributed by atoms with Gasteiger partial charge in [0.2, 0.25) is 0 Å². The van der Waals surface area contributed by atoms with Crippen molar-refractivity contribution in [2.45, 2.75) is 24.5 Å². The molecule has 156 valence electrons. The minimum absolute atomic E-state index is 0.0236. The van der Waals surface area contributed by atoms with Crippen molar-refractivity contribution in [2.75, 3.05) is 25.6 Å². The number of methoxy groups -OCH3 is 1. The number of halogens is 2. The van der Waals surface area contributed by atoms with Gasteiger partial charge in [-0.25, -0.2) is 14.4 Å². The number of hydrogen-bond donors (Lipinski definition) is 1. The highest BCUT2D eigenvalue weighted by Crippen LogP contribution is 2.38. The van der Waals surface area contributed by atoms with Gasteiger partial charge in [0.05, 0.1) is 25.8 Å². The summed E-state index contributed by atoms with van der Waals surface area (Å²) in [6.07, 6.45) is -1.11. The minimum atomic E-state index is -1.13. The monoisotopic (exact) mass is 431 g/mol. The van der Waals surface area contributed by atoms with Gasteiger partial charge < -0.3 is 24.3 Å². The van der Waals surface area contributed by atoms with Crippen LogP contribution < -0.4 is 14.8 Å². The van der Waals surface area contributed by atoms with Crippen molar-refractivity contribution in [3.63, 3.8) is 0 Å². The Morgan fingerprint density at radius 3 is 2.80 bits per heavy atom. The second-order valence-electron chi connectivity index (χ2n) is 7.15. The molecule has 5 rings (SSSR count). The molecule has 3 aromatic rings. The smallest absolute Gasteiger partial charge is 0.164 e. The predicted molar refractivity (Wildman–Crippen MR) is 110 cm³/mol. The molecule has 2 fully saturated rings. The lowest BCUT2D eigenvalue weighted by Crippen LogP contribution is -2.33. The Balaban J connectivity index is 1.46. The van der Waals surface area contributed by atoms with E-state index in [1.54, 1.807) is 31.4 Å². The molecule has 2 aliphatic heterocycles. The van der Waals surface area contributed by atoms with Gasteiger partial charge in [0.25, 0.3) is 0 Å². The summed E-state index contributed by atoms with van der Waals surface area (Å²) in [6, 6.07) is 10.9. The van der Waals surface area contributed by atoms with Gasteiger partial charge in [-0.2, -0.15) is 0 Å². The summed E-state index contributed by atoms with van der Waals surface area (Å²) in [5.41, 5.74) is 1.46. The van der Waals surface area contributed by atoms with E-state index < -0.39 is 24.5 Å². The quantitative estimate of drug-likeness (QED) is 0.656. The number of benzene rings is 2. The number of hydrogen-bond acceptors (Lipinski definition) is 7. The average molecular weight is 432 g/mol. The highest BCUT2D eigenvalue weighted by atomic mass is 35.5. The largest absolute Gasteiger partial charge is 0.493 e. The standard InChI is InChI=1S/C21H19ClFN3O4/c1-27-16-6-13-15(24-10-25-21(13)26-12-4-2-3-11(22)5-12)7-17(16)30-18-9-29-19-14(23)8-28-20(18)19/h2-7,10,14,18-20H,8-9H2,1H3,(H,24,25,26)/t14-,18-,19+,20?/m1/s1. The van der Waals surface area contributed by atoms with Crippen LogP contribution in [0.15, 0.2) is 42.7 Å². The summed E-state index contributed by atoms with van der Waals surface area (Å²) in [5, 5.41) is 4.62. The van der Waals surface area contributed by atoms with Crippen LogP contribution in [0, 0.1) is 0 Å². The van der Waals surface area contributed by atoms with Crippen molar-refractivity contribution in [1.29, 1.82) is 0 Å². The summed E-state index contributed by atoms with van der Waals surface area (Å²) in [4.78, 5) is 8.70. The molecule has 0 bridgehead atoms. The van der Waals surface area contributed by atoms with Gasteiger partial charge in [-0.1, -0.05) is 17.7 Å². The molecule has 0 amide bonds. The van der Waals surface area contributed by atoms with Crippen molar-refractivity contribution < 1.29 is 23.3 Å². The van der Waals surface area contributed by atoms with Gasteiger partial charge in [0.1, 0.15) is 24.4 Å². The first kappa shape index (κ1) is 19.3. The van der Waals surface area contributed by atoms with Crippen LogP contribution in [0.3, 0.4) is 0 Å². The number of fused-ring (bicyclic) bond motifs is 2. The van der Waals surface area contributed by atoms with Crippen LogP contribution in [0.4, 0.5) is 15.9 Å². The number of rotatable bonds is 5. The first-order valence-electron chi connectivity index (χ1n) is 9.51. The molecule has 9 heteroatoms. The number of alkyl halides is 1. The van der Waals surface area contributed by atoms with Gasteiger partial charge in [-0.15, -0.1) is 0 Å². The third kappa shape index (κ3) is 3.51. The summed E-state index contributed by atoms with van der Waals surface area (Å²) in [5.74, 6) is 1.60. The zero-order chi connectivity index (χ0) is 20.7. The van der Waals surface area contributed by atoms with E-state index in [9.17, 15) is 4.39 Å². The Morgan fingerprint density at radius 1 is 1.10 bits per heavy atom. The summed E-state index contributed by atoms with van der Waals surface area (Å²) < 4.78 is 36.5. The van der Waals surface area contributed by atoms with Gasteiger partial charge in [-0.05, 0) is 24.3 Å². The molecule has 3 heterocycles. The van der Waals surface area contributed by atoms with Crippen LogP contribution in [-0.2, 0) is 9.47 Å². The Hall–Kier alpha value is -2.68. The zero-order valence-corrected chi connectivity index (χ0v) is 16.8. The zero-order valence-electron chi connectivity index (χ0n) is 16.0. The second-order valence-corrected chi connectivity index (χ2v) is 7.58. The second kappa shape index (κ2) is 7.86. The lowest BCUT2D eigenvalue weighted by atomic mass is 10.1. The fourth-order valence-electron chi connectivity index (χ4n) is 3.80. The topological polar surface area (TPSA) is 74.7 Å². The molecular formula is C21H19ClFN3O4. The number of nitrogens with one attached hydrogen (secondary N) is 1. The van der Waals surface area contributed by atoms with Gasteiger partial charge in [0, 0.05) is 22.2 Å². The molecule has 1 unspecified atom stereocenters. The molecule has 7 nitrogen and oxygen atoms in total. The van der Waals surface area contributed by atoms with Gasteiger partial charge >= 0.3 is 0 Å². The van der Waals surface area contributed by atoms with Crippen molar-refractivity contribution in [1.82, 2.24) is 9.97 Å². The lowest BCUT2D eigenvalue weighted by molar-refractivity contribution is 0.0271. The molecule has 0 radical (unpaired) electrons. The van der Waals surface area contributed by atoms with Crippen molar-refractivity contribution in [3.05, 3.63) is 47.7 Å². The van der Waals surface area contributed by atoms with Crippen molar-refractivity contribution >= 4 is 34.0 Å². The fourth-order valence-corrected chi connectivity index (χ4v) is 3.99. The summed E-state index contributed by atoms with van der Waals surface area (Å²) in [7, 11) is 1.56. The first-order chi connectivity index (χ1) is 14.6. The molecule has 0 aliphatic carbocycles. The molecule has 1 N–H and O–H groups in total. The van der Waals surface area contributed by atoms with Crippen LogP contribution in [0.25, 0.3) is 10.9 Å². The third-order valence-electron chi connectivity index (χ3n) is 5.23. The Bertz CT molecular complexity index is 1090. The van der Waals surface area contributed by atoms with Crippen molar-refractivity contribution in [2.24, 2.45) is 0 Å². The first-order valence-corrected chi connectivity index (χ1v) is 9.89. The molecule has 4 atom stereocenters. The SMILES string of the molecule is COc1cc2c(Nc3cccc(Cl)c3)ncnc2cc1O[C@@H]1CO[C@@H]2C1OC[C@H]2F. The van der Waals surface area contributed by atoms with Gasteiger partial charge in [-0.3, -0.25) is 0 Å². The Morgan fingerprint density at radius 2 is 1.97 bits per heavy atom. The number of ether oxygens (including phenoxy) is 4. The van der Waals surface area contributed by atoms with Crippen LogP contribution in [0.5, 0.6) is 11.5 Å². The Kier molecular flexibility index (Phi) is 5.06. The molecule has 30 heavy (non-hydrogen) atoms. The van der Waals surface area contributed by atoms with Gasteiger partial charge in [0.15, 0.2) is 23.8 Å². The van der Waals surface area contributed by atoms with E-state index >= 15 is 0 Å². The molecule has 2 saturated heterocycles. The molecule has 0 saturated carbocycles. The van der Waals surface area contributed by atoms with E-state index in [0.29, 0.717) is 27.9 Å². The normalized spacial score (nSPS) is 25.3. The number of nitrogens with zero attached hydrogens (tertiary/aromatic N) is 2. The summed E-state index contributed by atoms with van der Waals surface area (Å²) >= 11 is 6.07. The van der Waals surface area contributed by atoms with Crippen LogP contribution in [0.2, 0.25) is 5.02 Å². The minimum Gasteiger partial charge on any atom is -0.493 e. The Labute approximate surface area is 177 Å². The maximum atomic E-state index is 13.8. The fraction of sp³-hybridized carbons (Fsp3) is 0.333. The molecule has 1 aromatic heterocycles. The van der Waals surface area contributed by atoms with Crippen LogP contribution >= 0.6 is 11.6 Å². The molecule has 2 aromatic carbocycles. The van der Waals surface area contributed by atoms with E-state index in [-0.39, 0.29) is 13.2 Å². The van der Waals surface area contributed by atoms with E-state index in [1.807, 2.05) is 12.1 Å². The maximum absolute atomic E-state index is 13.8. The molecular weight excluding hydrogens is 413 g/mol. The van der Waals surface area contributed by atoms with Crippen LogP contribution in [0.1, 0.15) is 0 Å². The van der Waals surface area contributed by atoms with E-state index in [0.717, 1.165) is 11.1 Å². The highest BCUT2D eigenvalue weighted by Gasteiger charge is 2.49. The molecule has 2 aliphatic rings. The summed E-state index contributed by atoms with van der Waals surface area (Å²) in [6.45, 7) is 0.276. The number of aromatic nitrogens is 2. The average Bonchev–Trinajstić information content (AvgIpc) is 3.31. The maximum Gasteiger partial charge on any atom is 0.164 e. The van der Waals surface area contributed by atoms with E-state index in [2.05, 4.69) is 15.3 Å². The third-order valence-corrected chi connectivity index (χ3v) is 5.47. The highest BCUT2D eigenvalue weighted by molar-refractivity contribution is 6.30. The van der Waals surface area contributed by atoms with Crippen LogP contribution in [-0.4, -0.2) is 54.8 Å². The lowest BCUT2D eigenvalue weighted by Gasteiger charge is -2.20. The van der Waals surface area contributed by atoms with E-state index in [4.69, 9.17) is 30.5 Å².